The molecular weight excluding hydrogens is 412 g/mol. The molecule has 0 spiro atoms. The van der Waals surface area contributed by atoms with Crippen molar-refractivity contribution in [2.75, 3.05) is 31.2 Å². The number of imide groups is 1. The van der Waals surface area contributed by atoms with Gasteiger partial charge in [0.05, 0.1) is 0 Å². The number of carbonyl (C=O) groups excluding carboxylic acids is 2. The molecule has 2 aliphatic heterocycles. The van der Waals surface area contributed by atoms with E-state index in [9.17, 15) is 9.59 Å². The van der Waals surface area contributed by atoms with Gasteiger partial charge in [0.1, 0.15) is 13.2 Å². The Kier molecular flexibility index (Phi) is 6.52. The highest BCUT2D eigenvalue weighted by Gasteiger charge is 2.31. The summed E-state index contributed by atoms with van der Waals surface area (Å²) in [5.74, 6) is -0.0983. The van der Waals surface area contributed by atoms with Crippen LogP contribution in [-0.2, 0) is 0 Å². The predicted octanol–water partition coefficient (Wildman–Crippen LogP) is 1.30. The maximum Gasteiger partial charge on any atom is 0.327 e. The Balaban J connectivity index is 1.64. The van der Waals surface area contributed by atoms with Gasteiger partial charge in [0.2, 0.25) is 0 Å². The summed E-state index contributed by atoms with van der Waals surface area (Å²) >= 11 is 0. The molecule has 0 saturated carbocycles. The molecule has 0 unspecified atom stereocenters. The highest BCUT2D eigenvalue weighted by molar-refractivity contribution is 6.20. The Hall–Kier alpha value is -3.24. The molecule has 4 rings (SSSR count). The van der Waals surface area contributed by atoms with E-state index in [0.29, 0.717) is 30.4 Å². The highest BCUT2D eigenvalue weighted by Crippen LogP contribution is 2.30. The minimum absolute atomic E-state index is 0.00182. The molecule has 10 heteroatoms. The summed E-state index contributed by atoms with van der Waals surface area (Å²) in [6.07, 6.45) is 2.00. The Labute approximate surface area is 186 Å². The third-order valence-electron chi connectivity index (χ3n) is 5.55. The average molecular weight is 441 g/mol. The number of urea groups is 1. The Bertz CT molecular complexity index is 1010. The number of nitrogens with zero attached hydrogens (tertiary/aromatic N) is 3. The first-order chi connectivity index (χ1) is 15.4. The van der Waals surface area contributed by atoms with Crippen LogP contribution in [0.2, 0.25) is 0 Å². The van der Waals surface area contributed by atoms with Gasteiger partial charge in [-0.1, -0.05) is 0 Å². The third kappa shape index (κ3) is 4.81. The van der Waals surface area contributed by atoms with Crippen molar-refractivity contribution in [3.63, 3.8) is 0 Å². The van der Waals surface area contributed by atoms with Crippen LogP contribution in [0.4, 0.5) is 10.6 Å². The lowest BCUT2D eigenvalue weighted by Crippen LogP contribution is -2.47. The average Bonchev–Trinajstić information content (AvgIpc) is 2.68. The fourth-order valence-electron chi connectivity index (χ4n) is 3.39. The van der Waals surface area contributed by atoms with Gasteiger partial charge in [-0.05, 0) is 64.0 Å². The number of nitrogens with two attached hydrogens (primary N) is 1. The quantitative estimate of drug-likeness (QED) is 0.560. The number of primary amides is 1. The first-order valence-corrected chi connectivity index (χ1v) is 10.7. The Morgan fingerprint density at radius 3 is 2.03 bits per heavy atom. The van der Waals surface area contributed by atoms with Crippen molar-refractivity contribution < 1.29 is 19.1 Å². The molecular formula is C22H28N6O4. The fourth-order valence-corrected chi connectivity index (χ4v) is 3.39. The van der Waals surface area contributed by atoms with Crippen LogP contribution >= 0.6 is 0 Å². The molecule has 2 fully saturated rings. The molecule has 2 aromatic heterocycles. The van der Waals surface area contributed by atoms with Gasteiger partial charge in [0, 0.05) is 23.5 Å². The maximum atomic E-state index is 13.5. The number of hydrogen-bond acceptors (Lipinski definition) is 8. The van der Waals surface area contributed by atoms with E-state index in [1.165, 1.54) is 0 Å². The normalized spacial score (nSPS) is 19.4. The van der Waals surface area contributed by atoms with Crippen molar-refractivity contribution in [1.29, 1.82) is 0 Å². The molecule has 0 aromatic carbocycles. The van der Waals surface area contributed by atoms with Crippen molar-refractivity contribution in [2.45, 2.75) is 38.8 Å². The predicted molar refractivity (Wildman–Crippen MR) is 118 cm³/mol. The zero-order valence-corrected chi connectivity index (χ0v) is 18.3. The number of nitrogens with one attached hydrogen (secondary N) is 2. The summed E-state index contributed by atoms with van der Waals surface area (Å²) in [6, 6.07) is 6.33. The summed E-state index contributed by atoms with van der Waals surface area (Å²) in [4.78, 5) is 35.5. The van der Waals surface area contributed by atoms with E-state index < -0.39 is 11.9 Å². The van der Waals surface area contributed by atoms with Crippen LogP contribution in [-0.4, -0.2) is 60.3 Å². The minimum atomic E-state index is -0.977. The van der Waals surface area contributed by atoms with Crippen molar-refractivity contribution in [2.24, 2.45) is 5.73 Å². The van der Waals surface area contributed by atoms with Crippen LogP contribution in [0.3, 0.4) is 0 Å². The standard InChI is InChI=1S/C22H28N6O4/c1-13-3-5-17(31-11-15-7-9-24-15)19(26-13)21(29)28(22(23)30)20-18(6-4-14(2)27-20)32-12-16-8-10-25-16/h3-6,15-16,24-25H,7-12H2,1-2H3,(H2,23,30)/t15-,16+/m1/s1. The lowest BCUT2D eigenvalue weighted by atomic mass is 10.1. The Morgan fingerprint density at radius 2 is 1.50 bits per heavy atom. The van der Waals surface area contributed by atoms with Gasteiger partial charge in [-0.3, -0.25) is 4.79 Å². The van der Waals surface area contributed by atoms with E-state index in [4.69, 9.17) is 15.2 Å². The van der Waals surface area contributed by atoms with Crippen LogP contribution in [0.5, 0.6) is 11.5 Å². The molecule has 2 atom stereocenters. The van der Waals surface area contributed by atoms with Crippen LogP contribution in [0.1, 0.15) is 34.7 Å². The number of aromatic nitrogens is 2. The van der Waals surface area contributed by atoms with Gasteiger partial charge in [0.15, 0.2) is 23.0 Å². The summed E-state index contributed by atoms with van der Waals surface area (Å²) < 4.78 is 11.7. The van der Waals surface area contributed by atoms with Crippen molar-refractivity contribution in [3.8, 4) is 11.5 Å². The van der Waals surface area contributed by atoms with Gasteiger partial charge in [-0.25, -0.2) is 19.7 Å². The second-order valence-corrected chi connectivity index (χ2v) is 8.05. The monoisotopic (exact) mass is 440 g/mol. The number of rotatable bonds is 8. The second kappa shape index (κ2) is 9.49. The SMILES string of the molecule is Cc1ccc(OC[C@H]2CCN2)c(C(=O)N(C(N)=O)c2nc(C)ccc2OC[C@@H]2CCN2)n1. The van der Waals surface area contributed by atoms with E-state index in [2.05, 4.69) is 20.6 Å². The van der Waals surface area contributed by atoms with Gasteiger partial charge in [0.25, 0.3) is 5.91 Å². The smallest absolute Gasteiger partial charge is 0.327 e. The number of carbonyl (C=O) groups is 2. The number of aryl methyl sites for hydroxylation is 2. The summed E-state index contributed by atoms with van der Waals surface area (Å²) in [5.41, 5.74) is 6.86. The van der Waals surface area contributed by atoms with E-state index >= 15 is 0 Å². The molecule has 3 amide bonds. The molecule has 170 valence electrons. The fraction of sp³-hybridized carbons (Fsp3) is 0.455. The highest BCUT2D eigenvalue weighted by atomic mass is 16.5. The zero-order chi connectivity index (χ0) is 22.7. The van der Waals surface area contributed by atoms with Crippen LogP contribution in [0, 0.1) is 13.8 Å². The van der Waals surface area contributed by atoms with E-state index in [0.717, 1.165) is 30.8 Å². The van der Waals surface area contributed by atoms with E-state index in [-0.39, 0.29) is 29.3 Å². The molecule has 2 aromatic rings. The minimum Gasteiger partial charge on any atom is -0.489 e. The van der Waals surface area contributed by atoms with Gasteiger partial charge in [-0.15, -0.1) is 0 Å². The number of ether oxygens (including phenoxy) is 2. The van der Waals surface area contributed by atoms with Gasteiger partial charge >= 0.3 is 6.03 Å². The molecule has 4 N–H and O–H groups in total. The van der Waals surface area contributed by atoms with Gasteiger partial charge < -0.3 is 25.8 Å². The molecule has 0 bridgehead atoms. The summed E-state index contributed by atoms with van der Waals surface area (Å²) in [6.45, 7) is 6.19. The number of hydrogen-bond donors (Lipinski definition) is 3. The molecule has 32 heavy (non-hydrogen) atoms. The van der Waals surface area contributed by atoms with Crippen LogP contribution in [0.15, 0.2) is 24.3 Å². The molecule has 4 heterocycles. The van der Waals surface area contributed by atoms with E-state index in [1.54, 1.807) is 38.1 Å². The summed E-state index contributed by atoms with van der Waals surface area (Å²) in [5, 5.41) is 6.49. The lowest BCUT2D eigenvalue weighted by Gasteiger charge is -2.29. The third-order valence-corrected chi connectivity index (χ3v) is 5.55. The van der Waals surface area contributed by atoms with Crippen LogP contribution in [0.25, 0.3) is 0 Å². The van der Waals surface area contributed by atoms with E-state index in [1.807, 2.05) is 0 Å². The molecule has 0 radical (unpaired) electrons. The zero-order valence-electron chi connectivity index (χ0n) is 18.3. The van der Waals surface area contributed by atoms with Crippen LogP contribution < -0.4 is 30.7 Å². The largest absolute Gasteiger partial charge is 0.489 e. The molecule has 10 nitrogen and oxygen atoms in total. The number of pyridine rings is 2. The molecule has 0 aliphatic carbocycles. The molecule has 2 aliphatic rings. The second-order valence-electron chi connectivity index (χ2n) is 8.05. The summed E-state index contributed by atoms with van der Waals surface area (Å²) in [7, 11) is 0. The Morgan fingerprint density at radius 1 is 0.969 bits per heavy atom. The number of amides is 3. The van der Waals surface area contributed by atoms with Crippen molar-refractivity contribution >= 4 is 17.8 Å². The van der Waals surface area contributed by atoms with Gasteiger partial charge in [-0.2, -0.15) is 0 Å². The first kappa shape index (κ1) is 22.0. The number of anilines is 1. The van der Waals surface area contributed by atoms with Crippen molar-refractivity contribution in [1.82, 2.24) is 20.6 Å². The maximum absolute atomic E-state index is 13.5. The lowest BCUT2D eigenvalue weighted by molar-refractivity contribution is 0.0982. The first-order valence-electron chi connectivity index (χ1n) is 10.7. The topological polar surface area (TPSA) is 132 Å². The molecule has 2 saturated heterocycles. The van der Waals surface area contributed by atoms with Crippen molar-refractivity contribution in [3.05, 3.63) is 41.3 Å².